The van der Waals surface area contributed by atoms with Crippen molar-refractivity contribution in [3.8, 4) is 0 Å². The predicted molar refractivity (Wildman–Crippen MR) is 124 cm³/mol. The first kappa shape index (κ1) is 21.9. The van der Waals surface area contributed by atoms with Gasteiger partial charge < -0.3 is 4.90 Å². The van der Waals surface area contributed by atoms with Crippen LogP contribution >= 0.6 is 0 Å². The smallest absolute Gasteiger partial charge is 0.155 e. The molecule has 4 heteroatoms. The molecule has 0 aliphatic carbocycles. The summed E-state index contributed by atoms with van der Waals surface area (Å²) >= 11 is 0. The second-order valence-corrected chi connectivity index (χ2v) is 12.0. The Balaban J connectivity index is 1.37. The van der Waals surface area contributed by atoms with Crippen LogP contribution in [0.3, 0.4) is 0 Å². The van der Waals surface area contributed by atoms with Crippen LogP contribution in [0.25, 0.3) is 0 Å². The molecule has 2 aromatic rings. The van der Waals surface area contributed by atoms with Gasteiger partial charge in [-0.3, -0.25) is 0 Å². The summed E-state index contributed by atoms with van der Waals surface area (Å²) < 4.78 is 23.6. The van der Waals surface area contributed by atoms with Gasteiger partial charge in [-0.25, -0.2) is 8.42 Å². The van der Waals surface area contributed by atoms with E-state index in [1.54, 1.807) is 20.8 Å². The van der Waals surface area contributed by atoms with Crippen LogP contribution in [0.5, 0.6) is 0 Å². The molecule has 0 unspecified atom stereocenters. The molecule has 0 aromatic heterocycles. The maximum atomic E-state index is 12.1. The molecule has 29 heavy (non-hydrogen) atoms. The number of hydrogen-bond donors (Lipinski definition) is 0. The zero-order chi connectivity index (χ0) is 20.9. The normalized spacial score (nSPS) is 14.2. The molecule has 0 saturated heterocycles. The van der Waals surface area contributed by atoms with Crippen molar-refractivity contribution in [3.63, 3.8) is 0 Å². The Morgan fingerprint density at radius 2 is 1.52 bits per heavy atom. The number of rotatable bonds is 9. The molecule has 0 bridgehead atoms. The highest BCUT2D eigenvalue weighted by molar-refractivity contribution is 7.92. The Morgan fingerprint density at radius 1 is 0.862 bits per heavy atom. The lowest BCUT2D eigenvalue weighted by Crippen LogP contribution is -2.30. The molecule has 0 fully saturated rings. The van der Waals surface area contributed by atoms with Gasteiger partial charge in [-0.05, 0) is 75.8 Å². The Bertz CT molecular complexity index is 895. The molecule has 2 aromatic carbocycles. The summed E-state index contributed by atoms with van der Waals surface area (Å²) in [6, 6.07) is 17.7. The fourth-order valence-electron chi connectivity index (χ4n) is 3.91. The summed E-state index contributed by atoms with van der Waals surface area (Å²) in [5, 5.41) is 0. The monoisotopic (exact) mass is 413 g/mol. The van der Waals surface area contributed by atoms with E-state index in [1.165, 1.54) is 22.5 Å². The van der Waals surface area contributed by atoms with Gasteiger partial charge >= 0.3 is 0 Å². The minimum atomic E-state index is -2.97. The molecule has 1 heterocycles. The maximum absolute atomic E-state index is 12.1. The number of fused-ring (bicyclic) bond motifs is 1. The number of unbranched alkanes of at least 4 members (excludes halogenated alkanes) is 4. The van der Waals surface area contributed by atoms with Gasteiger partial charge in [0.25, 0.3) is 0 Å². The topological polar surface area (TPSA) is 37.4 Å². The van der Waals surface area contributed by atoms with Crippen molar-refractivity contribution in [2.24, 2.45) is 0 Å². The summed E-state index contributed by atoms with van der Waals surface area (Å²) in [5.41, 5.74) is 5.44. The molecule has 0 spiro atoms. The van der Waals surface area contributed by atoms with Gasteiger partial charge in [-0.1, -0.05) is 49.6 Å². The average molecular weight is 414 g/mol. The first-order valence-corrected chi connectivity index (χ1v) is 12.6. The van der Waals surface area contributed by atoms with Crippen LogP contribution in [-0.4, -0.2) is 25.5 Å². The summed E-state index contributed by atoms with van der Waals surface area (Å²) in [4.78, 5) is 2.41. The summed E-state index contributed by atoms with van der Waals surface area (Å²) in [5.74, 6) is 0.317. The molecule has 0 amide bonds. The lowest BCUT2D eigenvalue weighted by atomic mass is 10.1. The van der Waals surface area contributed by atoms with Gasteiger partial charge in [-0.2, -0.15) is 0 Å². The van der Waals surface area contributed by atoms with Crippen molar-refractivity contribution < 1.29 is 8.42 Å². The number of aryl methyl sites for hydroxylation is 1. The lowest BCUT2D eigenvalue weighted by Gasteiger charge is -2.20. The van der Waals surface area contributed by atoms with Crippen LogP contribution in [0.1, 0.15) is 64.0 Å². The third kappa shape index (κ3) is 5.63. The number of nitrogens with zero attached hydrogens (tertiary/aromatic N) is 1. The number of benzene rings is 2. The van der Waals surface area contributed by atoms with E-state index in [9.17, 15) is 8.42 Å². The molecular weight excluding hydrogens is 378 g/mol. The molecule has 3 rings (SSSR count). The van der Waals surface area contributed by atoms with E-state index in [4.69, 9.17) is 0 Å². The second kappa shape index (κ2) is 9.34. The molecule has 158 valence electrons. The second-order valence-electron chi connectivity index (χ2n) is 9.15. The van der Waals surface area contributed by atoms with E-state index < -0.39 is 14.6 Å². The number of sulfone groups is 1. The van der Waals surface area contributed by atoms with Gasteiger partial charge in [0, 0.05) is 17.9 Å². The van der Waals surface area contributed by atoms with Crippen molar-refractivity contribution >= 4 is 21.2 Å². The lowest BCUT2D eigenvalue weighted by molar-refractivity contribution is 0.552. The first-order chi connectivity index (χ1) is 13.8. The Kier molecular flexibility index (Phi) is 7.05. The van der Waals surface area contributed by atoms with Gasteiger partial charge in [-0.15, -0.1) is 0 Å². The van der Waals surface area contributed by atoms with Crippen molar-refractivity contribution in [3.05, 3.63) is 59.7 Å². The summed E-state index contributed by atoms with van der Waals surface area (Å²) in [6.07, 6.45) is 7.44. The SMILES string of the molecule is CC(C)(C)S(=O)(=O)CCCCCCCc1ccc(N2CCc3ccccc32)cc1. The van der Waals surface area contributed by atoms with Crippen LogP contribution in [-0.2, 0) is 22.7 Å². The van der Waals surface area contributed by atoms with Crippen LogP contribution in [0.4, 0.5) is 11.4 Å². The summed E-state index contributed by atoms with van der Waals surface area (Å²) in [6.45, 7) is 6.42. The van der Waals surface area contributed by atoms with Gasteiger partial charge in [0.05, 0.1) is 10.5 Å². The molecule has 1 aliphatic rings. The highest BCUT2D eigenvalue weighted by atomic mass is 32.2. The van der Waals surface area contributed by atoms with Gasteiger partial charge in [0.2, 0.25) is 0 Å². The Morgan fingerprint density at radius 3 is 2.24 bits per heavy atom. The zero-order valence-electron chi connectivity index (χ0n) is 18.2. The minimum Gasteiger partial charge on any atom is -0.341 e. The molecule has 3 nitrogen and oxygen atoms in total. The van der Waals surface area contributed by atoms with Crippen molar-refractivity contribution in [2.45, 2.75) is 70.5 Å². The first-order valence-electron chi connectivity index (χ1n) is 10.9. The third-order valence-corrected chi connectivity index (χ3v) is 8.64. The van der Waals surface area contributed by atoms with Gasteiger partial charge in [0.1, 0.15) is 0 Å². The third-order valence-electron chi connectivity index (χ3n) is 5.95. The zero-order valence-corrected chi connectivity index (χ0v) is 19.0. The molecule has 0 saturated carbocycles. The van der Waals surface area contributed by atoms with E-state index in [1.807, 2.05) is 0 Å². The number of hydrogen-bond acceptors (Lipinski definition) is 3. The minimum absolute atomic E-state index is 0.317. The van der Waals surface area contributed by atoms with Crippen LogP contribution in [0.2, 0.25) is 0 Å². The molecule has 1 aliphatic heterocycles. The maximum Gasteiger partial charge on any atom is 0.155 e. The van der Waals surface area contributed by atoms with Crippen molar-refractivity contribution in [2.75, 3.05) is 17.2 Å². The van der Waals surface area contributed by atoms with Crippen molar-refractivity contribution in [1.82, 2.24) is 0 Å². The fraction of sp³-hybridized carbons (Fsp3) is 0.520. The quantitative estimate of drug-likeness (QED) is 0.467. The van der Waals surface area contributed by atoms with Gasteiger partial charge in [0.15, 0.2) is 9.84 Å². The van der Waals surface area contributed by atoms with E-state index in [0.29, 0.717) is 5.75 Å². The largest absolute Gasteiger partial charge is 0.341 e. The average Bonchev–Trinajstić information content (AvgIpc) is 3.11. The predicted octanol–water partition coefficient (Wildman–Crippen LogP) is 6.09. The fourth-order valence-corrected chi connectivity index (χ4v) is 5.10. The molecular formula is C25H35NO2S. The highest BCUT2D eigenvalue weighted by Crippen LogP contribution is 2.34. The Hall–Kier alpha value is -1.81. The van der Waals surface area contributed by atoms with E-state index >= 15 is 0 Å². The standard InChI is InChI=1S/C25H35NO2S/c1-25(2,3)29(27,28)20-10-6-4-5-7-11-21-14-16-23(17-15-21)26-19-18-22-12-8-9-13-24(22)26/h8-9,12-17H,4-7,10-11,18-20H2,1-3H3. The highest BCUT2D eigenvalue weighted by Gasteiger charge is 2.27. The number of anilines is 2. The van der Waals surface area contributed by atoms with E-state index in [0.717, 1.165) is 51.5 Å². The van der Waals surface area contributed by atoms with Crippen LogP contribution < -0.4 is 4.90 Å². The molecule has 0 atom stereocenters. The van der Waals surface area contributed by atoms with E-state index in [2.05, 4.69) is 53.4 Å². The van der Waals surface area contributed by atoms with Crippen LogP contribution in [0, 0.1) is 0 Å². The molecule has 0 radical (unpaired) electrons. The molecule has 0 N–H and O–H groups in total. The summed E-state index contributed by atoms with van der Waals surface area (Å²) in [7, 11) is -2.97. The van der Waals surface area contributed by atoms with Crippen LogP contribution in [0.15, 0.2) is 48.5 Å². The van der Waals surface area contributed by atoms with E-state index in [-0.39, 0.29) is 0 Å². The number of para-hydroxylation sites is 1. The van der Waals surface area contributed by atoms with Crippen molar-refractivity contribution in [1.29, 1.82) is 0 Å². The Labute approximate surface area is 177 Å².